The Bertz CT molecular complexity index is 362. The minimum atomic E-state index is -0.0194. The molecule has 0 spiro atoms. The second-order valence-corrected chi connectivity index (χ2v) is 6.24. The average Bonchev–Trinajstić information content (AvgIpc) is 2.63. The zero-order valence-electron chi connectivity index (χ0n) is 15.5. The summed E-state index contributed by atoms with van der Waals surface area (Å²) in [6.45, 7) is 11.9. The van der Waals surface area contributed by atoms with Gasteiger partial charge in [-0.2, -0.15) is 0 Å². The maximum atomic E-state index is 11.4. The number of rotatable bonds is 5. The summed E-state index contributed by atoms with van der Waals surface area (Å²) in [5, 5.41) is 3.20. The van der Waals surface area contributed by atoms with E-state index >= 15 is 0 Å². The molecular formula is C18H34N2O4. The third-order valence-corrected chi connectivity index (χ3v) is 4.61. The Balaban J connectivity index is 0.000000243. The van der Waals surface area contributed by atoms with Gasteiger partial charge in [0.2, 0.25) is 0 Å². The topological polar surface area (TPSA) is 67.9 Å². The third-order valence-electron chi connectivity index (χ3n) is 4.61. The van der Waals surface area contributed by atoms with Crippen LogP contribution in [-0.2, 0) is 19.1 Å². The van der Waals surface area contributed by atoms with E-state index < -0.39 is 0 Å². The summed E-state index contributed by atoms with van der Waals surface area (Å²) in [6, 6.07) is 0. The van der Waals surface area contributed by atoms with E-state index in [4.69, 9.17) is 9.47 Å². The van der Waals surface area contributed by atoms with Gasteiger partial charge in [0.25, 0.3) is 0 Å². The van der Waals surface area contributed by atoms with E-state index in [9.17, 15) is 9.59 Å². The van der Waals surface area contributed by atoms with Crippen molar-refractivity contribution in [3.63, 3.8) is 0 Å². The summed E-state index contributed by atoms with van der Waals surface area (Å²) in [4.78, 5) is 24.9. The number of piperidine rings is 2. The van der Waals surface area contributed by atoms with Gasteiger partial charge in [-0.1, -0.05) is 6.92 Å². The van der Waals surface area contributed by atoms with E-state index in [0.29, 0.717) is 13.2 Å². The minimum absolute atomic E-state index is 0.00162. The van der Waals surface area contributed by atoms with Gasteiger partial charge in [0.05, 0.1) is 25.0 Å². The molecule has 0 atom stereocenters. The predicted octanol–water partition coefficient (Wildman–Crippen LogP) is 1.83. The molecular weight excluding hydrogens is 308 g/mol. The van der Waals surface area contributed by atoms with Gasteiger partial charge in [-0.05, 0) is 72.3 Å². The Kier molecular flexibility index (Phi) is 10.7. The van der Waals surface area contributed by atoms with Crippen molar-refractivity contribution in [2.24, 2.45) is 11.8 Å². The molecule has 0 aromatic rings. The lowest BCUT2D eigenvalue weighted by Crippen LogP contribution is -2.36. The molecule has 2 aliphatic rings. The van der Waals surface area contributed by atoms with E-state index in [1.165, 1.54) is 0 Å². The number of hydrogen-bond acceptors (Lipinski definition) is 6. The highest BCUT2D eigenvalue weighted by Gasteiger charge is 2.25. The van der Waals surface area contributed by atoms with Crippen LogP contribution in [0.2, 0.25) is 0 Å². The molecule has 2 heterocycles. The predicted molar refractivity (Wildman–Crippen MR) is 93.7 cm³/mol. The van der Waals surface area contributed by atoms with Gasteiger partial charge < -0.3 is 19.7 Å². The number of carbonyl (C=O) groups is 2. The fourth-order valence-electron chi connectivity index (χ4n) is 3.06. The highest BCUT2D eigenvalue weighted by Crippen LogP contribution is 2.18. The fourth-order valence-corrected chi connectivity index (χ4v) is 3.06. The number of nitrogens with zero attached hydrogens (tertiary/aromatic N) is 1. The standard InChI is InChI=1S/C10H19NO2.C8H15NO2/c1-3-11-7-5-9(6-8-11)10(12)13-4-2;1-2-11-8(10)7-3-5-9-6-4-7/h9H,3-8H2,1-2H3;7,9H,2-6H2,1H3. The van der Waals surface area contributed by atoms with Crippen molar-refractivity contribution >= 4 is 11.9 Å². The number of likely N-dealkylation sites (tertiary alicyclic amines) is 1. The van der Waals surface area contributed by atoms with E-state index in [2.05, 4.69) is 17.1 Å². The molecule has 0 aromatic heterocycles. The monoisotopic (exact) mass is 342 g/mol. The molecule has 0 bridgehead atoms. The molecule has 6 nitrogen and oxygen atoms in total. The average molecular weight is 342 g/mol. The lowest BCUT2D eigenvalue weighted by atomic mass is 9.97. The van der Waals surface area contributed by atoms with Gasteiger partial charge in [0.15, 0.2) is 0 Å². The second kappa shape index (κ2) is 12.3. The van der Waals surface area contributed by atoms with E-state index in [1.54, 1.807) is 0 Å². The quantitative estimate of drug-likeness (QED) is 0.769. The molecule has 24 heavy (non-hydrogen) atoms. The Morgan fingerprint density at radius 2 is 1.33 bits per heavy atom. The SMILES string of the molecule is CCOC(=O)C1CCN(CC)CC1.CCOC(=O)C1CCNCC1. The molecule has 1 N–H and O–H groups in total. The van der Waals surface area contributed by atoms with E-state index in [-0.39, 0.29) is 23.8 Å². The number of hydrogen-bond donors (Lipinski definition) is 1. The van der Waals surface area contributed by atoms with Gasteiger partial charge >= 0.3 is 11.9 Å². The summed E-state index contributed by atoms with van der Waals surface area (Å²) in [7, 11) is 0. The Morgan fingerprint density at radius 3 is 1.75 bits per heavy atom. The number of esters is 2. The summed E-state index contributed by atoms with van der Waals surface area (Å²) in [5.74, 6) is 0.284. The lowest BCUT2D eigenvalue weighted by Gasteiger charge is -2.29. The van der Waals surface area contributed by atoms with Gasteiger partial charge in [-0.3, -0.25) is 9.59 Å². The molecule has 0 radical (unpaired) electrons. The highest BCUT2D eigenvalue weighted by molar-refractivity contribution is 5.72. The van der Waals surface area contributed by atoms with Crippen LogP contribution in [0.4, 0.5) is 0 Å². The van der Waals surface area contributed by atoms with Gasteiger partial charge in [0.1, 0.15) is 0 Å². The van der Waals surface area contributed by atoms with Crippen LogP contribution in [0.25, 0.3) is 0 Å². The molecule has 0 saturated carbocycles. The van der Waals surface area contributed by atoms with Gasteiger partial charge in [0, 0.05) is 0 Å². The molecule has 6 heteroatoms. The van der Waals surface area contributed by atoms with Crippen molar-refractivity contribution in [3.05, 3.63) is 0 Å². The van der Waals surface area contributed by atoms with Crippen LogP contribution >= 0.6 is 0 Å². The summed E-state index contributed by atoms with van der Waals surface area (Å²) < 4.78 is 9.91. The maximum Gasteiger partial charge on any atom is 0.309 e. The molecule has 2 fully saturated rings. The third kappa shape index (κ3) is 7.62. The molecule has 2 aliphatic heterocycles. The first-order chi connectivity index (χ1) is 11.6. The van der Waals surface area contributed by atoms with E-state index in [0.717, 1.165) is 58.4 Å². The zero-order chi connectivity index (χ0) is 17.8. The van der Waals surface area contributed by atoms with Crippen molar-refractivity contribution < 1.29 is 19.1 Å². The van der Waals surface area contributed by atoms with E-state index in [1.807, 2.05) is 13.8 Å². The zero-order valence-corrected chi connectivity index (χ0v) is 15.5. The molecule has 2 rings (SSSR count). The summed E-state index contributed by atoms with van der Waals surface area (Å²) in [5.41, 5.74) is 0. The first kappa shape index (κ1) is 20.9. The Labute approximate surface area is 146 Å². The molecule has 0 amide bonds. The van der Waals surface area contributed by atoms with Crippen LogP contribution in [-0.4, -0.2) is 62.8 Å². The maximum absolute atomic E-state index is 11.4. The van der Waals surface area contributed by atoms with Crippen molar-refractivity contribution in [1.29, 1.82) is 0 Å². The first-order valence-electron chi connectivity index (χ1n) is 9.38. The van der Waals surface area contributed by atoms with Crippen molar-refractivity contribution in [1.82, 2.24) is 10.2 Å². The van der Waals surface area contributed by atoms with Crippen molar-refractivity contribution in [2.75, 3.05) is 45.9 Å². The number of carbonyl (C=O) groups excluding carboxylic acids is 2. The smallest absolute Gasteiger partial charge is 0.309 e. The van der Waals surface area contributed by atoms with Gasteiger partial charge in [-0.15, -0.1) is 0 Å². The van der Waals surface area contributed by atoms with Crippen LogP contribution in [0.1, 0.15) is 46.5 Å². The van der Waals surface area contributed by atoms with Crippen LogP contribution < -0.4 is 5.32 Å². The van der Waals surface area contributed by atoms with Crippen LogP contribution in [0, 0.1) is 11.8 Å². The largest absolute Gasteiger partial charge is 0.466 e. The van der Waals surface area contributed by atoms with Crippen LogP contribution in [0.15, 0.2) is 0 Å². The van der Waals surface area contributed by atoms with Crippen LogP contribution in [0.5, 0.6) is 0 Å². The Morgan fingerprint density at radius 1 is 0.875 bits per heavy atom. The van der Waals surface area contributed by atoms with Crippen molar-refractivity contribution in [3.8, 4) is 0 Å². The second-order valence-electron chi connectivity index (χ2n) is 6.24. The fraction of sp³-hybridized carbons (Fsp3) is 0.889. The lowest BCUT2D eigenvalue weighted by molar-refractivity contribution is -0.150. The molecule has 2 saturated heterocycles. The molecule has 0 aromatic carbocycles. The van der Waals surface area contributed by atoms with Crippen LogP contribution in [0.3, 0.4) is 0 Å². The number of ether oxygens (including phenoxy) is 2. The molecule has 0 aliphatic carbocycles. The number of nitrogens with one attached hydrogen (secondary N) is 1. The Hall–Kier alpha value is -1.14. The minimum Gasteiger partial charge on any atom is -0.466 e. The highest BCUT2D eigenvalue weighted by atomic mass is 16.5. The normalized spacial score (nSPS) is 20.0. The summed E-state index contributed by atoms with van der Waals surface area (Å²) in [6.07, 6.45) is 3.79. The molecule has 140 valence electrons. The molecule has 0 unspecified atom stereocenters. The summed E-state index contributed by atoms with van der Waals surface area (Å²) >= 11 is 0. The van der Waals surface area contributed by atoms with Crippen molar-refractivity contribution in [2.45, 2.75) is 46.5 Å². The van der Waals surface area contributed by atoms with Gasteiger partial charge in [-0.25, -0.2) is 0 Å². The first-order valence-corrected chi connectivity index (χ1v) is 9.38.